The molecule has 6 aromatic rings. The van der Waals surface area contributed by atoms with Gasteiger partial charge in [0.25, 0.3) is 0 Å². The molecule has 0 spiro atoms. The number of anilines is 2. The van der Waals surface area contributed by atoms with E-state index in [1.54, 1.807) is 67.6 Å². The first-order valence-electron chi connectivity index (χ1n) is 21.9. The van der Waals surface area contributed by atoms with Gasteiger partial charge < -0.3 is 54.8 Å². The Kier molecular flexibility index (Phi) is 13.3. The van der Waals surface area contributed by atoms with E-state index in [4.69, 9.17) is 48.5 Å². The highest BCUT2D eigenvalue weighted by atomic mass is 31.2. The zero-order chi connectivity index (χ0) is 48.9. The number of aromatic nitrogens is 8. The number of hydrogen-bond acceptors (Lipinski definition) is 21. The number of ether oxygens (including phenoxy) is 4. The average Bonchev–Trinajstić information content (AvgIpc) is 4.06. The molecule has 3 aliphatic rings. The molecule has 69 heavy (non-hydrogen) atoms. The Morgan fingerprint density at radius 1 is 0.768 bits per heavy atom. The maximum atomic E-state index is 16.6. The SMILES string of the molecule is CCOc1nc(N)nc2c1ncn2[C@@H]1O[C@H](COP(=O)(Oc2ccccc2)C2CCN(P(=O)(OC[C@H]3O[C@H](n4cnc5c(OC)nc(N)nc54)[C@](C)(O)[C@@H]3O)Oc3ccccc3)CC2)[C@@H](O)[C@@]1(C)F. The fourth-order valence-corrected chi connectivity index (χ4v) is 12.5. The minimum absolute atomic E-state index is 0.0196. The molecular formula is C42H52FN11O13P2. The molecule has 7 N–H and O–H groups in total. The van der Waals surface area contributed by atoms with Gasteiger partial charge in [-0.1, -0.05) is 36.4 Å². The summed E-state index contributed by atoms with van der Waals surface area (Å²) in [6.07, 6.45) is -5.99. The van der Waals surface area contributed by atoms with Crippen LogP contribution >= 0.6 is 15.3 Å². The van der Waals surface area contributed by atoms with Crippen molar-refractivity contribution in [3.63, 3.8) is 0 Å². The number of nitrogen functional groups attached to an aromatic ring is 2. The van der Waals surface area contributed by atoms with Crippen molar-refractivity contribution < 1.29 is 65.9 Å². The number of methoxy groups -OCH3 is 1. The van der Waals surface area contributed by atoms with E-state index in [0.717, 1.165) is 6.92 Å². The summed E-state index contributed by atoms with van der Waals surface area (Å²) in [5.41, 5.74) is 7.33. The monoisotopic (exact) mass is 999 g/mol. The van der Waals surface area contributed by atoms with Gasteiger partial charge in [-0.15, -0.1) is 0 Å². The number of imidazole rings is 2. The van der Waals surface area contributed by atoms with E-state index in [0.29, 0.717) is 0 Å². The third-order valence-electron chi connectivity index (χ3n) is 12.3. The van der Waals surface area contributed by atoms with Crippen LogP contribution in [-0.4, -0.2) is 140 Å². The standard InChI is InChI=1S/C42H52FN11O13P2/c1-5-61-36-30-34(49-40(45)51-36)53(22-47-30)37-41(2,43)31(55)27(64-37)20-62-68(58,66-24-12-8-6-9-13-24)26-16-18-52(19-17-26)69(59,67-25-14-10-7-11-15-25)63-21-28-32(56)42(3,57)38(65-28)54-23-46-29-33(54)48-39(44)50-35(29)60-4/h6-15,22-23,26-28,31-32,37-38,55-57H,5,16-21H2,1-4H3,(H2,44,48,50)(H2,45,49,51)/t27-,28-,31-,32-,37-,38+,41-,42-,68?,69?/m1/s1. The van der Waals surface area contributed by atoms with Gasteiger partial charge in [0.05, 0.1) is 45.2 Å². The molecule has 0 bridgehead atoms. The number of piperidine rings is 1. The molecule has 3 aliphatic heterocycles. The van der Waals surface area contributed by atoms with E-state index in [2.05, 4.69) is 29.9 Å². The van der Waals surface area contributed by atoms with Crippen molar-refractivity contribution in [3.8, 4) is 23.3 Å². The molecule has 27 heteroatoms. The Balaban J connectivity index is 0.923. The molecule has 0 radical (unpaired) electrons. The number of halogens is 1. The molecule has 2 aromatic carbocycles. The lowest BCUT2D eigenvalue weighted by Gasteiger charge is -2.38. The number of para-hydroxylation sites is 2. The van der Waals surface area contributed by atoms with E-state index in [-0.39, 0.29) is 90.0 Å². The van der Waals surface area contributed by atoms with E-state index >= 15 is 13.5 Å². The van der Waals surface area contributed by atoms with Crippen LogP contribution in [-0.2, 0) is 27.7 Å². The average molecular weight is 1000 g/mol. The molecule has 2 unspecified atom stereocenters. The molecule has 370 valence electrons. The first-order valence-corrected chi connectivity index (χ1v) is 25.0. The first-order chi connectivity index (χ1) is 33.0. The predicted molar refractivity (Wildman–Crippen MR) is 243 cm³/mol. The second-order valence-corrected chi connectivity index (χ2v) is 21.2. The van der Waals surface area contributed by atoms with Gasteiger partial charge >= 0.3 is 15.3 Å². The highest BCUT2D eigenvalue weighted by molar-refractivity contribution is 7.55. The van der Waals surface area contributed by atoms with Gasteiger partial charge in [-0.2, -0.15) is 24.6 Å². The fourth-order valence-electron chi connectivity index (χ4n) is 8.64. The van der Waals surface area contributed by atoms with Crippen LogP contribution in [0, 0.1) is 0 Å². The molecule has 3 saturated heterocycles. The maximum Gasteiger partial charge on any atom is 0.461 e. The van der Waals surface area contributed by atoms with Crippen LogP contribution < -0.4 is 30.0 Å². The van der Waals surface area contributed by atoms with E-state index in [9.17, 15) is 15.3 Å². The van der Waals surface area contributed by atoms with Crippen molar-refractivity contribution in [3.05, 3.63) is 73.3 Å². The van der Waals surface area contributed by atoms with Crippen LogP contribution in [0.2, 0.25) is 0 Å². The molecule has 7 heterocycles. The van der Waals surface area contributed by atoms with Crippen LogP contribution in [0.4, 0.5) is 16.3 Å². The Bertz CT molecular complexity index is 2870. The number of aliphatic hydroxyl groups excluding tert-OH is 2. The Morgan fingerprint density at radius 3 is 1.88 bits per heavy atom. The van der Waals surface area contributed by atoms with Crippen LogP contribution in [0.3, 0.4) is 0 Å². The smallest absolute Gasteiger partial charge is 0.461 e. The van der Waals surface area contributed by atoms with Crippen molar-refractivity contribution in [1.29, 1.82) is 0 Å². The fraction of sp³-hybridized carbons (Fsp3) is 0.476. The molecule has 0 saturated carbocycles. The quantitative estimate of drug-likeness (QED) is 0.0800. The number of rotatable bonds is 17. The van der Waals surface area contributed by atoms with Gasteiger partial charge in [-0.25, -0.2) is 23.5 Å². The summed E-state index contributed by atoms with van der Waals surface area (Å²) < 4.78 is 98.5. The molecule has 0 aliphatic carbocycles. The first kappa shape index (κ1) is 48.4. The van der Waals surface area contributed by atoms with Crippen molar-refractivity contribution in [2.24, 2.45) is 0 Å². The predicted octanol–water partition coefficient (Wildman–Crippen LogP) is 4.19. The molecular weight excluding hydrogens is 947 g/mol. The van der Waals surface area contributed by atoms with Gasteiger partial charge in [-0.3, -0.25) is 18.2 Å². The number of alkyl halides is 1. The Labute approximate surface area is 393 Å². The van der Waals surface area contributed by atoms with Crippen molar-refractivity contribution in [2.75, 3.05) is 51.5 Å². The second-order valence-electron chi connectivity index (χ2n) is 17.0. The van der Waals surface area contributed by atoms with E-state index < -0.39 is 82.4 Å². The summed E-state index contributed by atoms with van der Waals surface area (Å²) in [5.74, 6) is 0.330. The minimum Gasteiger partial charge on any atom is -0.479 e. The number of aliphatic hydroxyl groups is 3. The summed E-state index contributed by atoms with van der Waals surface area (Å²) in [6.45, 7) is 3.39. The second kappa shape index (κ2) is 19.0. The molecule has 9 rings (SSSR count). The van der Waals surface area contributed by atoms with Gasteiger partial charge in [0.2, 0.25) is 23.7 Å². The minimum atomic E-state index is -4.34. The molecule has 0 amide bonds. The molecule has 4 aromatic heterocycles. The summed E-state index contributed by atoms with van der Waals surface area (Å²) in [4.78, 5) is 25.2. The highest BCUT2D eigenvalue weighted by Gasteiger charge is 2.57. The van der Waals surface area contributed by atoms with Crippen molar-refractivity contribution in [2.45, 2.75) is 87.4 Å². The Hall–Kier alpha value is -5.59. The summed E-state index contributed by atoms with van der Waals surface area (Å²) in [7, 11) is -7.19. The van der Waals surface area contributed by atoms with Gasteiger partial charge in [0.1, 0.15) is 41.5 Å². The summed E-state index contributed by atoms with van der Waals surface area (Å²) in [6, 6.07) is 16.6. The lowest BCUT2D eigenvalue weighted by atomic mass is 9.96. The highest BCUT2D eigenvalue weighted by Crippen LogP contribution is 2.60. The topological polar surface area (TPSA) is 311 Å². The lowest BCUT2D eigenvalue weighted by molar-refractivity contribution is -0.0949. The Morgan fingerprint density at radius 2 is 1.29 bits per heavy atom. The number of fused-ring (bicyclic) bond motifs is 2. The molecule has 3 fully saturated rings. The van der Waals surface area contributed by atoms with Gasteiger partial charge in [-0.05, 0) is 57.9 Å². The summed E-state index contributed by atoms with van der Waals surface area (Å²) >= 11 is 0. The largest absolute Gasteiger partial charge is 0.479 e. The van der Waals surface area contributed by atoms with Crippen LogP contribution in [0.1, 0.15) is 46.1 Å². The van der Waals surface area contributed by atoms with Gasteiger partial charge in [0.15, 0.2) is 40.5 Å². The van der Waals surface area contributed by atoms with Crippen LogP contribution in [0.5, 0.6) is 23.3 Å². The number of nitrogens with two attached hydrogens (primary N) is 2. The van der Waals surface area contributed by atoms with Gasteiger partial charge in [0, 0.05) is 13.1 Å². The normalized spacial score (nSPS) is 28.4. The zero-order valence-electron chi connectivity index (χ0n) is 37.8. The van der Waals surface area contributed by atoms with Crippen LogP contribution in [0.15, 0.2) is 73.3 Å². The molecule has 24 nitrogen and oxygen atoms in total. The third-order valence-corrected chi connectivity index (χ3v) is 16.7. The third kappa shape index (κ3) is 9.19. The zero-order valence-corrected chi connectivity index (χ0v) is 39.6. The number of nitrogens with zero attached hydrogens (tertiary/aromatic N) is 9. The van der Waals surface area contributed by atoms with Crippen molar-refractivity contribution >= 4 is 49.6 Å². The maximum absolute atomic E-state index is 16.6. The molecule has 10 atom stereocenters. The number of hydrogen-bond donors (Lipinski definition) is 5. The number of benzene rings is 2. The van der Waals surface area contributed by atoms with Crippen molar-refractivity contribution in [1.82, 2.24) is 43.7 Å². The van der Waals surface area contributed by atoms with E-state index in [1.165, 1.54) is 40.5 Å². The van der Waals surface area contributed by atoms with E-state index in [1.807, 2.05) is 0 Å². The van der Waals surface area contributed by atoms with Crippen LogP contribution in [0.25, 0.3) is 22.3 Å². The lowest BCUT2D eigenvalue weighted by Crippen LogP contribution is -2.44. The summed E-state index contributed by atoms with van der Waals surface area (Å²) in [5, 5.41) is 34.4.